The zero-order valence-corrected chi connectivity index (χ0v) is 24.9. The van der Waals surface area contributed by atoms with Crippen LogP contribution in [0, 0.1) is 0 Å². The number of benzene rings is 1. The zero-order chi connectivity index (χ0) is 27.5. The van der Waals surface area contributed by atoms with E-state index in [1.165, 1.54) is 141 Å². The maximum atomic E-state index is 12.0. The second-order valence-electron chi connectivity index (χ2n) is 11.5. The summed E-state index contributed by atoms with van der Waals surface area (Å²) in [4.78, 5) is 12.0. The average Bonchev–Trinajstić information content (AvgIpc) is 2.91. The molecule has 0 unspecified atom stereocenters. The Morgan fingerprint density at radius 2 is 0.974 bits per heavy atom. The van der Waals surface area contributed by atoms with E-state index in [0.717, 1.165) is 18.4 Å². The molecule has 0 saturated heterocycles. The van der Waals surface area contributed by atoms with Crippen LogP contribution in [0.2, 0.25) is 0 Å². The van der Waals surface area contributed by atoms with Crippen LogP contribution in [0.5, 0.6) is 11.5 Å². The predicted molar refractivity (Wildman–Crippen MR) is 163 cm³/mol. The molecule has 3 N–H and O–H groups in total. The molecule has 0 heterocycles. The van der Waals surface area contributed by atoms with Gasteiger partial charge < -0.3 is 15.5 Å². The maximum absolute atomic E-state index is 12.0. The van der Waals surface area contributed by atoms with E-state index >= 15 is 0 Å². The van der Waals surface area contributed by atoms with Gasteiger partial charge in [0.15, 0.2) is 11.5 Å². The van der Waals surface area contributed by atoms with E-state index in [-0.39, 0.29) is 17.4 Å². The first-order valence-corrected chi connectivity index (χ1v) is 16.4. The van der Waals surface area contributed by atoms with Crippen LogP contribution in [0.15, 0.2) is 18.2 Å². The molecule has 0 spiro atoms. The van der Waals surface area contributed by atoms with Gasteiger partial charge in [-0.2, -0.15) is 0 Å². The number of phenols is 2. The maximum Gasteiger partial charge on any atom is 0.220 e. The lowest BCUT2D eigenvalue weighted by Gasteiger charge is -2.07. The summed E-state index contributed by atoms with van der Waals surface area (Å²) >= 11 is 0. The van der Waals surface area contributed by atoms with Crippen LogP contribution in [0.1, 0.15) is 167 Å². The Bertz CT molecular complexity index is 676. The fourth-order valence-corrected chi connectivity index (χ4v) is 5.23. The number of unbranched alkanes of at least 4 members (excludes halogenated alkanes) is 22. The molecule has 0 fully saturated rings. The fraction of sp³-hybridized carbons (Fsp3) is 0.794. The molecule has 220 valence electrons. The van der Waals surface area contributed by atoms with Crippen LogP contribution in [-0.4, -0.2) is 22.7 Å². The van der Waals surface area contributed by atoms with Crippen molar-refractivity contribution < 1.29 is 15.0 Å². The van der Waals surface area contributed by atoms with Crippen molar-refractivity contribution in [1.29, 1.82) is 0 Å². The highest BCUT2D eigenvalue weighted by atomic mass is 16.3. The van der Waals surface area contributed by atoms with Crippen molar-refractivity contribution in [2.45, 2.75) is 167 Å². The summed E-state index contributed by atoms with van der Waals surface area (Å²) in [7, 11) is 0. The summed E-state index contributed by atoms with van der Waals surface area (Å²) in [6.45, 7) is 2.85. The van der Waals surface area contributed by atoms with Crippen LogP contribution in [0.25, 0.3) is 0 Å². The number of phenolic OH excluding ortho intramolecular Hbond substituents is 2. The van der Waals surface area contributed by atoms with Gasteiger partial charge in [-0.25, -0.2) is 0 Å². The molecular formula is C34H61NO3. The van der Waals surface area contributed by atoms with Gasteiger partial charge in [0.1, 0.15) is 0 Å². The van der Waals surface area contributed by atoms with Gasteiger partial charge >= 0.3 is 0 Å². The molecule has 4 heteroatoms. The summed E-state index contributed by atoms with van der Waals surface area (Å²) in [5.74, 6) is -0.117. The third-order valence-corrected chi connectivity index (χ3v) is 7.78. The molecular weight excluding hydrogens is 470 g/mol. The van der Waals surface area contributed by atoms with Gasteiger partial charge in [0.05, 0.1) is 0 Å². The molecule has 0 saturated carbocycles. The van der Waals surface area contributed by atoms with Crippen molar-refractivity contribution in [2.24, 2.45) is 0 Å². The standard InChI is InChI=1S/C34H61NO3/c1-2-3-4-5-6-7-8-9-10-11-12-13-14-15-16-17-18-19-20-21-22-23-24-25-34(38)35-29-28-31-26-27-32(36)33(37)30-31/h26-27,30,36-37H,2-25,28-29H2,1H3,(H,35,38). The molecule has 0 aliphatic rings. The van der Waals surface area contributed by atoms with Crippen LogP contribution >= 0.6 is 0 Å². The van der Waals surface area contributed by atoms with Gasteiger partial charge in [-0.15, -0.1) is 0 Å². The molecule has 0 aliphatic carbocycles. The van der Waals surface area contributed by atoms with E-state index in [2.05, 4.69) is 12.2 Å². The second kappa shape index (κ2) is 25.6. The smallest absolute Gasteiger partial charge is 0.220 e. The Morgan fingerprint density at radius 3 is 1.37 bits per heavy atom. The van der Waals surface area contributed by atoms with Crippen molar-refractivity contribution in [3.63, 3.8) is 0 Å². The molecule has 1 aromatic rings. The zero-order valence-electron chi connectivity index (χ0n) is 24.9. The Labute approximate surface area is 235 Å². The van der Waals surface area contributed by atoms with Gasteiger partial charge in [-0.1, -0.05) is 154 Å². The van der Waals surface area contributed by atoms with Crippen molar-refractivity contribution in [3.05, 3.63) is 23.8 Å². The molecule has 4 nitrogen and oxygen atoms in total. The number of carbonyl (C=O) groups is 1. The van der Waals surface area contributed by atoms with Gasteiger partial charge in [0, 0.05) is 13.0 Å². The van der Waals surface area contributed by atoms with E-state index in [4.69, 9.17) is 0 Å². The van der Waals surface area contributed by atoms with Crippen LogP contribution < -0.4 is 5.32 Å². The molecule has 38 heavy (non-hydrogen) atoms. The highest BCUT2D eigenvalue weighted by Crippen LogP contribution is 2.24. The van der Waals surface area contributed by atoms with Crippen molar-refractivity contribution in [1.82, 2.24) is 5.32 Å². The third-order valence-electron chi connectivity index (χ3n) is 7.78. The summed E-state index contributed by atoms with van der Waals surface area (Å²) in [5.41, 5.74) is 0.903. The molecule has 1 rings (SSSR count). The lowest BCUT2D eigenvalue weighted by Crippen LogP contribution is -2.25. The first kappa shape index (κ1) is 34.3. The second-order valence-corrected chi connectivity index (χ2v) is 11.5. The Morgan fingerprint density at radius 1 is 0.579 bits per heavy atom. The van der Waals surface area contributed by atoms with E-state index in [9.17, 15) is 15.0 Å². The van der Waals surface area contributed by atoms with E-state index < -0.39 is 0 Å². The fourth-order valence-electron chi connectivity index (χ4n) is 5.23. The Hall–Kier alpha value is -1.71. The summed E-state index contributed by atoms with van der Waals surface area (Å²) in [5, 5.41) is 21.8. The van der Waals surface area contributed by atoms with Gasteiger partial charge in [0.25, 0.3) is 0 Å². The SMILES string of the molecule is CCCCCCCCCCCCCCCCCCCCCCCCCC(=O)NCCc1ccc(O)c(O)c1. The Balaban J connectivity index is 1.73. The number of rotatable bonds is 27. The molecule has 0 aliphatic heterocycles. The number of carbonyl (C=O) groups excluding carboxylic acids is 1. The number of aromatic hydroxyl groups is 2. The van der Waals surface area contributed by atoms with Crippen LogP contribution in [0.4, 0.5) is 0 Å². The predicted octanol–water partition coefficient (Wildman–Crippen LogP) is 10.1. The highest BCUT2D eigenvalue weighted by molar-refractivity contribution is 5.75. The topological polar surface area (TPSA) is 69.6 Å². The number of hydrogen-bond acceptors (Lipinski definition) is 3. The van der Waals surface area contributed by atoms with Crippen LogP contribution in [0.3, 0.4) is 0 Å². The van der Waals surface area contributed by atoms with Crippen LogP contribution in [-0.2, 0) is 11.2 Å². The lowest BCUT2D eigenvalue weighted by molar-refractivity contribution is -0.121. The summed E-state index contributed by atoms with van der Waals surface area (Å²) in [6.07, 6.45) is 33.0. The largest absolute Gasteiger partial charge is 0.504 e. The highest BCUT2D eigenvalue weighted by Gasteiger charge is 2.03. The number of amides is 1. The molecule has 0 aromatic heterocycles. The summed E-state index contributed by atoms with van der Waals surface area (Å²) in [6, 6.07) is 4.79. The average molecular weight is 532 g/mol. The van der Waals surface area contributed by atoms with E-state index in [1.54, 1.807) is 12.1 Å². The van der Waals surface area contributed by atoms with Gasteiger partial charge in [0.2, 0.25) is 5.91 Å². The lowest BCUT2D eigenvalue weighted by atomic mass is 10.0. The quantitative estimate of drug-likeness (QED) is 0.0781. The molecule has 1 amide bonds. The minimum Gasteiger partial charge on any atom is -0.504 e. The van der Waals surface area contributed by atoms with Gasteiger partial charge in [-0.05, 0) is 30.5 Å². The molecule has 0 radical (unpaired) electrons. The number of nitrogens with one attached hydrogen (secondary N) is 1. The first-order chi connectivity index (χ1) is 18.6. The van der Waals surface area contributed by atoms with Crippen molar-refractivity contribution in [2.75, 3.05) is 6.54 Å². The molecule has 0 atom stereocenters. The minimum absolute atomic E-state index is 0.108. The van der Waals surface area contributed by atoms with E-state index in [1.807, 2.05) is 0 Å². The van der Waals surface area contributed by atoms with Crippen molar-refractivity contribution in [3.8, 4) is 11.5 Å². The monoisotopic (exact) mass is 531 g/mol. The van der Waals surface area contributed by atoms with Gasteiger partial charge in [-0.3, -0.25) is 4.79 Å². The normalized spacial score (nSPS) is 11.2. The Kier molecular flexibility index (Phi) is 23.1. The molecule has 1 aromatic carbocycles. The van der Waals surface area contributed by atoms with E-state index in [0.29, 0.717) is 19.4 Å². The minimum atomic E-state index is -0.113. The third kappa shape index (κ3) is 21.2. The first-order valence-electron chi connectivity index (χ1n) is 16.4. The van der Waals surface area contributed by atoms with Crippen molar-refractivity contribution >= 4 is 5.91 Å². The summed E-state index contributed by atoms with van der Waals surface area (Å²) < 4.78 is 0. The number of hydrogen-bond donors (Lipinski definition) is 3. The molecule has 0 bridgehead atoms.